The Labute approximate surface area is 369 Å². The first kappa shape index (κ1) is 34.9. The van der Waals surface area contributed by atoms with Crippen molar-refractivity contribution in [3.05, 3.63) is 247 Å². The molecule has 0 aliphatic heterocycles. The van der Waals surface area contributed by atoms with Crippen molar-refractivity contribution in [1.82, 2.24) is 0 Å². The standard InChI is InChI=1S/C61H37NS/c1-2-18-44-42(17-1)43-19-3-4-24-50(43)60-51(44)25-14-29-57(60)62(40-16-13-15-38(35-40)39-31-34-59-52(36-39)49-23-8-12-30-58(49)63-59)41-32-33-48-47-22-7-11-28-55(47)61(56(48)37-41)53-26-9-5-20-45(53)46-21-6-10-27-54(46)61/h1-37H. The van der Waals surface area contributed by atoms with Gasteiger partial charge in [-0.3, -0.25) is 0 Å². The molecule has 1 heterocycles. The topological polar surface area (TPSA) is 3.24 Å². The van der Waals surface area contributed by atoms with Crippen molar-refractivity contribution in [2.24, 2.45) is 0 Å². The quantitative estimate of drug-likeness (QED) is 0.160. The van der Waals surface area contributed by atoms with Crippen LogP contribution in [0.3, 0.4) is 0 Å². The van der Waals surface area contributed by atoms with Gasteiger partial charge in [-0.15, -0.1) is 11.3 Å². The van der Waals surface area contributed by atoms with Gasteiger partial charge in [0.05, 0.1) is 11.1 Å². The van der Waals surface area contributed by atoms with Gasteiger partial charge in [-0.25, -0.2) is 0 Å². The number of rotatable bonds is 4. The van der Waals surface area contributed by atoms with Gasteiger partial charge in [-0.1, -0.05) is 176 Å². The minimum absolute atomic E-state index is 0.455. The molecule has 0 bridgehead atoms. The van der Waals surface area contributed by atoms with Crippen LogP contribution in [0.2, 0.25) is 0 Å². The molecule has 1 nitrogen and oxygen atoms in total. The Balaban J connectivity index is 1.06. The fourth-order valence-corrected chi connectivity index (χ4v) is 12.6. The van der Waals surface area contributed by atoms with E-state index in [4.69, 9.17) is 0 Å². The summed E-state index contributed by atoms with van der Waals surface area (Å²) in [6.07, 6.45) is 0. The smallest absolute Gasteiger partial charge is 0.0726 e. The summed E-state index contributed by atoms with van der Waals surface area (Å²) < 4.78 is 2.64. The van der Waals surface area contributed by atoms with Crippen LogP contribution >= 0.6 is 11.3 Å². The second kappa shape index (κ2) is 13.1. The third kappa shape index (κ3) is 4.76. The van der Waals surface area contributed by atoms with E-state index < -0.39 is 5.41 Å². The Morgan fingerprint density at radius 2 is 0.794 bits per heavy atom. The molecule has 0 unspecified atom stereocenters. The van der Waals surface area contributed by atoms with E-state index in [2.05, 4.69) is 229 Å². The maximum Gasteiger partial charge on any atom is 0.0726 e. The first-order valence-corrected chi connectivity index (χ1v) is 22.7. The number of hydrogen-bond donors (Lipinski definition) is 0. The van der Waals surface area contributed by atoms with Crippen LogP contribution in [0.1, 0.15) is 22.3 Å². The highest BCUT2D eigenvalue weighted by Crippen LogP contribution is 2.63. The molecule has 292 valence electrons. The summed E-state index contributed by atoms with van der Waals surface area (Å²) >= 11 is 1.87. The van der Waals surface area contributed by atoms with Crippen LogP contribution in [-0.2, 0) is 5.41 Å². The van der Waals surface area contributed by atoms with Crippen molar-refractivity contribution in [1.29, 1.82) is 0 Å². The van der Waals surface area contributed by atoms with Crippen molar-refractivity contribution in [3.8, 4) is 33.4 Å². The summed E-state index contributed by atoms with van der Waals surface area (Å²) in [4.78, 5) is 2.54. The van der Waals surface area contributed by atoms with Gasteiger partial charge in [0.25, 0.3) is 0 Å². The summed E-state index contributed by atoms with van der Waals surface area (Å²) in [5.41, 5.74) is 15.9. The predicted molar refractivity (Wildman–Crippen MR) is 268 cm³/mol. The average molecular weight is 816 g/mol. The number of hydrogen-bond acceptors (Lipinski definition) is 2. The molecule has 0 fully saturated rings. The van der Waals surface area contributed by atoms with Crippen molar-refractivity contribution in [3.63, 3.8) is 0 Å². The lowest BCUT2D eigenvalue weighted by atomic mass is 9.70. The molecule has 14 rings (SSSR count). The number of thiophene rings is 1. The zero-order chi connectivity index (χ0) is 41.2. The van der Waals surface area contributed by atoms with Gasteiger partial charge in [0, 0.05) is 36.9 Å². The summed E-state index contributed by atoms with van der Waals surface area (Å²) in [6, 6.07) is 84.3. The molecule has 0 amide bonds. The number of anilines is 3. The lowest BCUT2D eigenvalue weighted by Crippen LogP contribution is -2.26. The Morgan fingerprint density at radius 1 is 0.302 bits per heavy atom. The van der Waals surface area contributed by atoms with E-state index in [9.17, 15) is 0 Å². The molecule has 1 spiro atoms. The van der Waals surface area contributed by atoms with Crippen LogP contribution in [0, 0.1) is 0 Å². The Morgan fingerprint density at radius 3 is 1.48 bits per heavy atom. The molecule has 0 saturated carbocycles. The van der Waals surface area contributed by atoms with Crippen molar-refractivity contribution in [2.45, 2.75) is 5.41 Å². The van der Waals surface area contributed by atoms with E-state index in [1.807, 2.05) is 11.3 Å². The summed E-state index contributed by atoms with van der Waals surface area (Å²) in [6.45, 7) is 0. The van der Waals surface area contributed by atoms with Gasteiger partial charge in [0.2, 0.25) is 0 Å². The lowest BCUT2D eigenvalue weighted by Gasteiger charge is -2.32. The van der Waals surface area contributed by atoms with Crippen LogP contribution in [-0.4, -0.2) is 0 Å². The summed E-state index contributed by atoms with van der Waals surface area (Å²) in [5.74, 6) is 0. The third-order valence-electron chi connectivity index (χ3n) is 14.0. The van der Waals surface area contributed by atoms with E-state index >= 15 is 0 Å². The monoisotopic (exact) mass is 815 g/mol. The molecule has 0 atom stereocenters. The van der Waals surface area contributed by atoms with Crippen LogP contribution in [0.15, 0.2) is 224 Å². The van der Waals surface area contributed by atoms with Crippen molar-refractivity contribution < 1.29 is 0 Å². The Hall–Kier alpha value is -7.78. The molecule has 1 aromatic heterocycles. The molecule has 2 heteroatoms. The van der Waals surface area contributed by atoms with Gasteiger partial charge in [0.1, 0.15) is 0 Å². The fourth-order valence-electron chi connectivity index (χ4n) is 11.5. The molecule has 2 aliphatic carbocycles. The Bertz CT molecular complexity index is 3780. The second-order valence-corrected chi connectivity index (χ2v) is 18.2. The number of nitrogens with zero attached hydrogens (tertiary/aromatic N) is 1. The van der Waals surface area contributed by atoms with Gasteiger partial charge < -0.3 is 4.90 Å². The third-order valence-corrected chi connectivity index (χ3v) is 15.2. The van der Waals surface area contributed by atoms with Crippen LogP contribution in [0.25, 0.3) is 85.9 Å². The molecular weight excluding hydrogens is 779 g/mol. The molecule has 2 aliphatic rings. The summed E-state index contributed by atoms with van der Waals surface area (Å²) in [5, 5.41) is 10.2. The van der Waals surface area contributed by atoms with Gasteiger partial charge >= 0.3 is 0 Å². The number of benzene rings is 11. The minimum Gasteiger partial charge on any atom is -0.310 e. The van der Waals surface area contributed by atoms with E-state index in [0.717, 1.165) is 17.1 Å². The van der Waals surface area contributed by atoms with E-state index in [0.29, 0.717) is 0 Å². The maximum absolute atomic E-state index is 2.54. The average Bonchev–Trinajstić information content (AvgIpc) is 3.98. The maximum atomic E-state index is 2.54. The zero-order valence-corrected chi connectivity index (χ0v) is 35.0. The van der Waals surface area contributed by atoms with Crippen LogP contribution in [0.5, 0.6) is 0 Å². The largest absolute Gasteiger partial charge is 0.310 e. The lowest BCUT2D eigenvalue weighted by molar-refractivity contribution is 0.793. The number of fused-ring (bicyclic) bond motifs is 19. The normalized spacial score (nSPS) is 13.2. The van der Waals surface area contributed by atoms with Crippen LogP contribution in [0.4, 0.5) is 17.1 Å². The first-order chi connectivity index (χ1) is 31.3. The van der Waals surface area contributed by atoms with Crippen LogP contribution < -0.4 is 4.90 Å². The highest BCUT2D eigenvalue weighted by atomic mass is 32.1. The highest BCUT2D eigenvalue weighted by Gasteiger charge is 2.51. The zero-order valence-electron chi connectivity index (χ0n) is 34.2. The van der Waals surface area contributed by atoms with E-state index in [-0.39, 0.29) is 0 Å². The second-order valence-electron chi connectivity index (χ2n) is 17.1. The molecule has 63 heavy (non-hydrogen) atoms. The molecular formula is C61H37NS. The van der Waals surface area contributed by atoms with Crippen molar-refractivity contribution in [2.75, 3.05) is 4.90 Å². The van der Waals surface area contributed by atoms with E-state index in [1.165, 1.54) is 108 Å². The Kier molecular flexibility index (Phi) is 7.26. The predicted octanol–water partition coefficient (Wildman–Crippen LogP) is 17.0. The van der Waals surface area contributed by atoms with Gasteiger partial charge in [0.15, 0.2) is 0 Å². The SMILES string of the molecule is c1cc(-c2ccc3sc4ccccc4c3c2)cc(N(c2ccc3c(c2)C2(c4ccccc4-c4ccccc42)c2ccccc2-3)c2cccc3c4ccccc4c4ccccc4c23)c1. The first-order valence-electron chi connectivity index (χ1n) is 21.8. The molecule has 0 N–H and O–H groups in total. The summed E-state index contributed by atoms with van der Waals surface area (Å²) in [7, 11) is 0. The van der Waals surface area contributed by atoms with Crippen molar-refractivity contribution >= 4 is 80.9 Å². The molecule has 0 radical (unpaired) electrons. The molecule has 11 aromatic carbocycles. The highest BCUT2D eigenvalue weighted by molar-refractivity contribution is 7.25. The molecule has 12 aromatic rings. The fraction of sp³-hybridized carbons (Fsp3) is 0.0164. The van der Waals surface area contributed by atoms with Gasteiger partial charge in [-0.2, -0.15) is 0 Å². The van der Waals surface area contributed by atoms with Gasteiger partial charge in [-0.05, 0) is 131 Å². The molecule has 0 saturated heterocycles. The van der Waals surface area contributed by atoms with E-state index in [1.54, 1.807) is 0 Å². The minimum atomic E-state index is -0.455.